The molecule has 0 aromatic carbocycles. The first-order valence-electron chi connectivity index (χ1n) is 5.36. The second kappa shape index (κ2) is 6.39. The lowest BCUT2D eigenvalue weighted by Gasteiger charge is -2.32. The molecule has 1 saturated heterocycles. The fraction of sp³-hybridized carbons (Fsp3) is 0.600. The first-order chi connectivity index (χ1) is 8.54. The second-order valence-electron chi connectivity index (χ2n) is 3.52. The largest absolute Gasteiger partial charge is 0.333 e. The van der Waals surface area contributed by atoms with Crippen LogP contribution in [0.1, 0.15) is 6.92 Å². The first kappa shape index (κ1) is 14.5. The standard InChI is InChI=1S/C10H14N3O4S/c1-3-12-4-5-13(9(16)8(12)15)10(17)11-7(6-14)18-2/h7H,3-5H2,1-2H3,(H,11,17). The number of carbonyl (C=O) groups excluding carboxylic acids is 4. The molecule has 4 amide bonds. The van der Waals surface area contributed by atoms with Gasteiger partial charge in [0.2, 0.25) is 6.29 Å². The van der Waals surface area contributed by atoms with E-state index in [1.165, 1.54) is 4.90 Å². The van der Waals surface area contributed by atoms with Crippen molar-refractivity contribution in [3.8, 4) is 0 Å². The molecule has 99 valence electrons. The molecule has 0 saturated carbocycles. The predicted octanol–water partition coefficient (Wildman–Crippen LogP) is -0.814. The summed E-state index contributed by atoms with van der Waals surface area (Å²) in [6, 6.07) is -0.744. The number of nitrogens with zero attached hydrogens (tertiary/aromatic N) is 2. The summed E-state index contributed by atoms with van der Waals surface area (Å²) in [6.07, 6.45) is 3.24. The van der Waals surface area contributed by atoms with Crippen LogP contribution < -0.4 is 5.32 Å². The molecule has 1 N–H and O–H groups in total. The topological polar surface area (TPSA) is 86.8 Å². The third kappa shape index (κ3) is 3.00. The molecule has 1 unspecified atom stereocenters. The lowest BCUT2D eigenvalue weighted by atomic mass is 10.3. The van der Waals surface area contributed by atoms with Gasteiger partial charge in [0.05, 0.1) is 0 Å². The van der Waals surface area contributed by atoms with Crippen molar-refractivity contribution in [2.45, 2.75) is 12.3 Å². The van der Waals surface area contributed by atoms with Gasteiger partial charge in [0, 0.05) is 19.6 Å². The van der Waals surface area contributed by atoms with E-state index in [4.69, 9.17) is 0 Å². The Hall–Kier alpha value is -1.57. The number of piperazine rings is 1. The maximum atomic E-state index is 11.7. The number of imide groups is 1. The summed E-state index contributed by atoms with van der Waals surface area (Å²) in [6.45, 7) is 2.62. The van der Waals surface area contributed by atoms with Crippen molar-refractivity contribution < 1.29 is 19.2 Å². The molecule has 18 heavy (non-hydrogen) atoms. The van der Waals surface area contributed by atoms with Gasteiger partial charge < -0.3 is 10.2 Å². The normalized spacial score (nSPS) is 17.7. The number of hydrogen-bond acceptors (Lipinski definition) is 5. The van der Waals surface area contributed by atoms with Crippen molar-refractivity contribution in [3.63, 3.8) is 0 Å². The van der Waals surface area contributed by atoms with E-state index in [1.807, 2.05) is 0 Å². The highest BCUT2D eigenvalue weighted by Crippen LogP contribution is 2.07. The molecule has 1 fully saturated rings. The molecule has 0 spiro atoms. The number of likely N-dealkylation sites (N-methyl/N-ethyl adjacent to an activating group) is 1. The van der Waals surface area contributed by atoms with Gasteiger partial charge in [0.25, 0.3) is 0 Å². The van der Waals surface area contributed by atoms with E-state index in [1.54, 1.807) is 19.5 Å². The fourth-order valence-electron chi connectivity index (χ4n) is 1.50. The van der Waals surface area contributed by atoms with Gasteiger partial charge in [0.1, 0.15) is 5.37 Å². The van der Waals surface area contributed by atoms with E-state index in [9.17, 15) is 19.2 Å². The van der Waals surface area contributed by atoms with Crippen LogP contribution in [0, 0.1) is 0 Å². The minimum atomic E-state index is -0.869. The van der Waals surface area contributed by atoms with E-state index >= 15 is 0 Å². The molecule has 1 heterocycles. The number of carbonyl (C=O) groups is 3. The van der Waals surface area contributed by atoms with Gasteiger partial charge in [-0.1, -0.05) is 0 Å². The van der Waals surface area contributed by atoms with Gasteiger partial charge >= 0.3 is 17.8 Å². The Morgan fingerprint density at radius 1 is 1.44 bits per heavy atom. The molecule has 1 aliphatic rings. The number of urea groups is 1. The zero-order chi connectivity index (χ0) is 13.7. The summed E-state index contributed by atoms with van der Waals surface area (Å²) in [5.41, 5.74) is 0. The molecular weight excluding hydrogens is 258 g/mol. The van der Waals surface area contributed by atoms with Crippen LogP contribution in [0.5, 0.6) is 0 Å². The van der Waals surface area contributed by atoms with E-state index in [-0.39, 0.29) is 6.54 Å². The first-order valence-corrected chi connectivity index (χ1v) is 6.65. The number of rotatable bonds is 4. The third-order valence-electron chi connectivity index (χ3n) is 2.53. The maximum absolute atomic E-state index is 11.7. The molecule has 1 aliphatic heterocycles. The van der Waals surface area contributed by atoms with Gasteiger partial charge in [-0.15, -0.1) is 11.8 Å². The smallest absolute Gasteiger partial charge is 0.325 e. The molecule has 1 rings (SSSR count). The number of thioether (sulfide) groups is 1. The maximum Gasteiger partial charge on any atom is 0.325 e. The zero-order valence-electron chi connectivity index (χ0n) is 10.1. The highest BCUT2D eigenvalue weighted by Gasteiger charge is 2.35. The lowest BCUT2D eigenvalue weighted by Crippen LogP contribution is -2.59. The van der Waals surface area contributed by atoms with Crippen LogP contribution in [-0.4, -0.2) is 65.2 Å². The van der Waals surface area contributed by atoms with Crippen molar-refractivity contribution in [2.75, 3.05) is 25.9 Å². The Morgan fingerprint density at radius 3 is 2.61 bits per heavy atom. The van der Waals surface area contributed by atoms with Crippen molar-refractivity contribution in [1.82, 2.24) is 15.1 Å². The van der Waals surface area contributed by atoms with Crippen LogP contribution in [0.2, 0.25) is 0 Å². The molecule has 0 aromatic heterocycles. The average molecular weight is 272 g/mol. The number of nitrogens with one attached hydrogen (secondary N) is 1. The SMILES string of the molecule is CCN1CCN(C(=O)NC([C]=O)SC)C(=O)C1=O. The molecule has 1 atom stereocenters. The summed E-state index contributed by atoms with van der Waals surface area (Å²) in [5, 5.41) is 1.46. The summed E-state index contributed by atoms with van der Waals surface area (Å²) in [5.74, 6) is -1.57. The summed E-state index contributed by atoms with van der Waals surface area (Å²) < 4.78 is 0. The van der Waals surface area contributed by atoms with E-state index in [0.29, 0.717) is 13.1 Å². The molecule has 0 bridgehead atoms. The predicted molar refractivity (Wildman–Crippen MR) is 65.5 cm³/mol. The fourth-order valence-corrected chi connectivity index (χ4v) is 1.81. The van der Waals surface area contributed by atoms with Crippen molar-refractivity contribution in [3.05, 3.63) is 0 Å². The summed E-state index contributed by atoms with van der Waals surface area (Å²) in [7, 11) is 0. The number of amides is 4. The van der Waals surface area contributed by atoms with Gasteiger partial charge in [-0.2, -0.15) is 0 Å². The Kier molecular flexibility index (Phi) is 5.14. The van der Waals surface area contributed by atoms with Gasteiger partial charge in [-0.25, -0.2) is 4.79 Å². The van der Waals surface area contributed by atoms with Crippen LogP contribution >= 0.6 is 11.8 Å². The molecule has 0 aromatic rings. The summed E-state index contributed by atoms with van der Waals surface area (Å²) in [4.78, 5) is 47.6. The quantitative estimate of drug-likeness (QED) is 0.534. The Morgan fingerprint density at radius 2 is 2.11 bits per heavy atom. The average Bonchev–Trinajstić information content (AvgIpc) is 2.38. The summed E-state index contributed by atoms with van der Waals surface area (Å²) >= 11 is 1.08. The molecule has 8 heteroatoms. The van der Waals surface area contributed by atoms with Crippen LogP contribution in [-0.2, 0) is 14.4 Å². The highest BCUT2D eigenvalue weighted by molar-refractivity contribution is 7.99. The third-order valence-corrected chi connectivity index (χ3v) is 3.22. The van der Waals surface area contributed by atoms with Crippen molar-refractivity contribution in [2.24, 2.45) is 0 Å². The Balaban J connectivity index is 2.68. The Bertz CT molecular complexity index is 374. The minimum absolute atomic E-state index is 0.129. The molecule has 1 radical (unpaired) electrons. The van der Waals surface area contributed by atoms with E-state index in [2.05, 4.69) is 5.32 Å². The highest BCUT2D eigenvalue weighted by atomic mass is 32.2. The second-order valence-corrected chi connectivity index (χ2v) is 4.47. The lowest BCUT2D eigenvalue weighted by molar-refractivity contribution is -0.153. The van der Waals surface area contributed by atoms with Crippen LogP contribution in [0.25, 0.3) is 0 Å². The van der Waals surface area contributed by atoms with Gasteiger partial charge in [-0.05, 0) is 13.2 Å². The molecular formula is C10H14N3O4S. The monoisotopic (exact) mass is 272 g/mol. The molecule has 0 aliphatic carbocycles. The zero-order valence-corrected chi connectivity index (χ0v) is 11.0. The van der Waals surface area contributed by atoms with Crippen LogP contribution in [0.3, 0.4) is 0 Å². The van der Waals surface area contributed by atoms with Crippen molar-refractivity contribution >= 4 is 35.9 Å². The van der Waals surface area contributed by atoms with Crippen molar-refractivity contribution in [1.29, 1.82) is 0 Å². The number of hydrogen-bond donors (Lipinski definition) is 1. The van der Waals surface area contributed by atoms with E-state index in [0.717, 1.165) is 16.7 Å². The van der Waals surface area contributed by atoms with Gasteiger partial charge in [0.15, 0.2) is 0 Å². The van der Waals surface area contributed by atoms with E-state index < -0.39 is 23.2 Å². The van der Waals surface area contributed by atoms with Gasteiger partial charge in [-0.3, -0.25) is 19.3 Å². The van der Waals surface area contributed by atoms with Crippen LogP contribution in [0.4, 0.5) is 4.79 Å². The van der Waals surface area contributed by atoms with Crippen LogP contribution in [0.15, 0.2) is 0 Å². The Labute approximate surface area is 109 Å². The molecule has 7 nitrogen and oxygen atoms in total. The minimum Gasteiger partial charge on any atom is -0.333 e.